The van der Waals surface area contributed by atoms with Crippen LogP contribution in [0.3, 0.4) is 0 Å². The van der Waals surface area contributed by atoms with E-state index in [9.17, 15) is 0 Å². The molecule has 0 unspecified atom stereocenters. The summed E-state index contributed by atoms with van der Waals surface area (Å²) in [6, 6.07) is 0.706. The second-order valence-corrected chi connectivity index (χ2v) is 5.78. The van der Waals surface area contributed by atoms with Crippen LogP contribution in [0, 0.1) is 0 Å². The Bertz CT molecular complexity index is 191. The average Bonchev–Trinajstić information content (AvgIpc) is 2.31. The minimum atomic E-state index is 0.289. The van der Waals surface area contributed by atoms with E-state index in [0.717, 1.165) is 6.54 Å². The molecule has 0 heterocycles. The van der Waals surface area contributed by atoms with E-state index in [0.29, 0.717) is 6.04 Å². The van der Waals surface area contributed by atoms with Gasteiger partial charge in [0.15, 0.2) is 0 Å². The van der Waals surface area contributed by atoms with Crippen molar-refractivity contribution in [2.24, 2.45) is 5.73 Å². The van der Waals surface area contributed by atoms with Crippen LogP contribution in [-0.4, -0.2) is 30.1 Å². The van der Waals surface area contributed by atoms with E-state index in [-0.39, 0.29) is 5.54 Å². The molecule has 0 bridgehead atoms. The first-order valence-corrected chi connectivity index (χ1v) is 7.63. The van der Waals surface area contributed by atoms with E-state index in [1.54, 1.807) is 0 Å². The van der Waals surface area contributed by atoms with Gasteiger partial charge in [-0.1, -0.05) is 46.0 Å². The first-order chi connectivity index (χ1) is 8.20. The molecule has 0 saturated heterocycles. The van der Waals surface area contributed by atoms with Gasteiger partial charge in [-0.25, -0.2) is 0 Å². The van der Waals surface area contributed by atoms with Crippen molar-refractivity contribution in [3.8, 4) is 0 Å². The molecule has 0 atom stereocenters. The summed E-state index contributed by atoms with van der Waals surface area (Å²) in [5.74, 6) is 0. The van der Waals surface area contributed by atoms with Gasteiger partial charge in [-0.3, -0.25) is 4.90 Å². The maximum absolute atomic E-state index is 6.17. The first kappa shape index (κ1) is 15.0. The molecular formula is C15H32N2. The quantitative estimate of drug-likeness (QED) is 0.796. The van der Waals surface area contributed by atoms with E-state index in [2.05, 4.69) is 25.8 Å². The van der Waals surface area contributed by atoms with Gasteiger partial charge in [0.1, 0.15) is 0 Å². The zero-order valence-electron chi connectivity index (χ0n) is 12.2. The molecule has 1 fully saturated rings. The summed E-state index contributed by atoms with van der Waals surface area (Å²) in [4.78, 5) is 2.62. The van der Waals surface area contributed by atoms with Crippen LogP contribution in [0.4, 0.5) is 0 Å². The third kappa shape index (κ3) is 3.69. The summed E-state index contributed by atoms with van der Waals surface area (Å²) < 4.78 is 0. The van der Waals surface area contributed by atoms with Gasteiger partial charge in [0.05, 0.1) is 0 Å². The summed E-state index contributed by atoms with van der Waals surface area (Å²) in [6.07, 6.45) is 12.0. The molecule has 1 saturated carbocycles. The van der Waals surface area contributed by atoms with Crippen molar-refractivity contribution >= 4 is 0 Å². The standard InChI is InChI=1S/C15H32N2/c1-4-14(5-2)17(3)15(13-16)11-9-7-6-8-10-12-15/h14H,4-13,16H2,1-3H3. The summed E-state index contributed by atoms with van der Waals surface area (Å²) >= 11 is 0. The minimum absolute atomic E-state index is 0.289. The predicted octanol–water partition coefficient (Wildman–Crippen LogP) is 3.55. The fraction of sp³-hybridized carbons (Fsp3) is 1.00. The Morgan fingerprint density at radius 3 is 1.88 bits per heavy atom. The van der Waals surface area contributed by atoms with Crippen LogP contribution < -0.4 is 5.73 Å². The summed E-state index contributed by atoms with van der Waals surface area (Å²) in [7, 11) is 2.31. The molecule has 0 spiro atoms. The van der Waals surface area contributed by atoms with E-state index >= 15 is 0 Å². The molecule has 1 aliphatic rings. The largest absolute Gasteiger partial charge is 0.329 e. The number of hydrogen-bond acceptors (Lipinski definition) is 2. The van der Waals surface area contributed by atoms with Gasteiger partial charge >= 0.3 is 0 Å². The van der Waals surface area contributed by atoms with Crippen LogP contribution >= 0.6 is 0 Å². The Morgan fingerprint density at radius 2 is 1.47 bits per heavy atom. The van der Waals surface area contributed by atoms with Crippen LogP contribution in [0.25, 0.3) is 0 Å². The number of likely N-dealkylation sites (N-methyl/N-ethyl adjacent to an activating group) is 1. The minimum Gasteiger partial charge on any atom is -0.329 e. The van der Waals surface area contributed by atoms with Crippen LogP contribution in [0.5, 0.6) is 0 Å². The van der Waals surface area contributed by atoms with E-state index in [4.69, 9.17) is 5.73 Å². The maximum Gasteiger partial charge on any atom is 0.0331 e. The third-order valence-corrected chi connectivity index (χ3v) is 4.90. The summed E-state index contributed by atoms with van der Waals surface area (Å²) in [6.45, 7) is 5.44. The highest BCUT2D eigenvalue weighted by atomic mass is 15.2. The fourth-order valence-corrected chi connectivity index (χ4v) is 3.49. The Hall–Kier alpha value is -0.0800. The van der Waals surface area contributed by atoms with Crippen LogP contribution in [0.1, 0.15) is 71.6 Å². The zero-order chi connectivity index (χ0) is 12.7. The van der Waals surface area contributed by atoms with Crippen molar-refractivity contribution in [2.75, 3.05) is 13.6 Å². The molecule has 0 aromatic carbocycles. The van der Waals surface area contributed by atoms with Crippen molar-refractivity contribution in [3.05, 3.63) is 0 Å². The summed E-state index contributed by atoms with van der Waals surface area (Å²) in [5.41, 5.74) is 6.45. The second kappa shape index (κ2) is 7.38. The molecule has 0 aromatic rings. The molecular weight excluding hydrogens is 208 g/mol. The van der Waals surface area contributed by atoms with Gasteiger partial charge in [-0.05, 0) is 32.7 Å². The van der Waals surface area contributed by atoms with Gasteiger partial charge in [-0.2, -0.15) is 0 Å². The normalized spacial score (nSPS) is 21.5. The topological polar surface area (TPSA) is 29.3 Å². The Balaban J connectivity index is 2.75. The number of nitrogens with two attached hydrogens (primary N) is 1. The maximum atomic E-state index is 6.17. The first-order valence-electron chi connectivity index (χ1n) is 7.63. The van der Waals surface area contributed by atoms with Gasteiger partial charge in [-0.15, -0.1) is 0 Å². The molecule has 2 heteroatoms. The molecule has 2 nitrogen and oxygen atoms in total. The molecule has 1 aliphatic carbocycles. The molecule has 102 valence electrons. The fourth-order valence-electron chi connectivity index (χ4n) is 3.49. The van der Waals surface area contributed by atoms with Crippen molar-refractivity contribution < 1.29 is 0 Å². The van der Waals surface area contributed by atoms with Gasteiger partial charge < -0.3 is 5.73 Å². The Kier molecular flexibility index (Phi) is 6.50. The lowest BCUT2D eigenvalue weighted by atomic mass is 9.81. The van der Waals surface area contributed by atoms with Crippen molar-refractivity contribution in [2.45, 2.75) is 83.2 Å². The Labute approximate surface area is 108 Å². The lowest BCUT2D eigenvalue weighted by Gasteiger charge is -2.46. The molecule has 1 rings (SSSR count). The molecule has 2 N–H and O–H groups in total. The molecule has 0 aromatic heterocycles. The monoisotopic (exact) mass is 240 g/mol. The van der Waals surface area contributed by atoms with E-state index in [1.165, 1.54) is 57.8 Å². The van der Waals surface area contributed by atoms with E-state index < -0.39 is 0 Å². The number of nitrogens with zero attached hydrogens (tertiary/aromatic N) is 1. The van der Waals surface area contributed by atoms with Crippen LogP contribution in [0.2, 0.25) is 0 Å². The number of hydrogen-bond donors (Lipinski definition) is 1. The predicted molar refractivity (Wildman–Crippen MR) is 76.2 cm³/mol. The highest BCUT2D eigenvalue weighted by Crippen LogP contribution is 2.32. The van der Waals surface area contributed by atoms with Gasteiger partial charge in [0.2, 0.25) is 0 Å². The van der Waals surface area contributed by atoms with Gasteiger partial charge in [0.25, 0.3) is 0 Å². The highest BCUT2D eigenvalue weighted by molar-refractivity contribution is 4.93. The Morgan fingerprint density at radius 1 is 1.00 bits per heavy atom. The van der Waals surface area contributed by atoms with E-state index in [1.807, 2.05) is 0 Å². The SMILES string of the molecule is CCC(CC)N(C)C1(CN)CCCCCCC1. The lowest BCUT2D eigenvalue weighted by Crippen LogP contribution is -2.56. The highest BCUT2D eigenvalue weighted by Gasteiger charge is 2.35. The molecule has 0 radical (unpaired) electrons. The van der Waals surface area contributed by atoms with Crippen LogP contribution in [-0.2, 0) is 0 Å². The van der Waals surface area contributed by atoms with Crippen molar-refractivity contribution in [1.29, 1.82) is 0 Å². The smallest absolute Gasteiger partial charge is 0.0331 e. The third-order valence-electron chi connectivity index (χ3n) is 4.90. The molecule has 0 aliphatic heterocycles. The van der Waals surface area contributed by atoms with Crippen LogP contribution in [0.15, 0.2) is 0 Å². The average molecular weight is 240 g/mol. The second-order valence-electron chi connectivity index (χ2n) is 5.78. The molecule has 17 heavy (non-hydrogen) atoms. The lowest BCUT2D eigenvalue weighted by molar-refractivity contribution is 0.0486. The zero-order valence-corrected chi connectivity index (χ0v) is 12.2. The summed E-state index contributed by atoms with van der Waals surface area (Å²) in [5, 5.41) is 0. The molecule has 0 amide bonds. The van der Waals surface area contributed by atoms with Gasteiger partial charge in [0, 0.05) is 18.1 Å². The van der Waals surface area contributed by atoms with Crippen molar-refractivity contribution in [1.82, 2.24) is 4.90 Å². The van der Waals surface area contributed by atoms with Crippen molar-refractivity contribution in [3.63, 3.8) is 0 Å². The number of rotatable bonds is 5.